The third kappa shape index (κ3) is 4.69. The lowest BCUT2D eigenvalue weighted by Gasteiger charge is -2.26. The smallest absolute Gasteiger partial charge is 0.321 e. The van der Waals surface area contributed by atoms with Crippen LogP contribution in [0.1, 0.15) is 5.56 Å². The van der Waals surface area contributed by atoms with Gasteiger partial charge in [-0.05, 0) is 17.7 Å². The molecule has 110 valence electrons. The van der Waals surface area contributed by atoms with Crippen molar-refractivity contribution in [2.24, 2.45) is 5.14 Å². The van der Waals surface area contributed by atoms with Crippen molar-refractivity contribution in [3.63, 3.8) is 0 Å². The first-order chi connectivity index (χ1) is 9.44. The van der Waals surface area contributed by atoms with Crippen LogP contribution in [0.25, 0.3) is 0 Å². The number of nitrogens with two attached hydrogens (primary N) is 1. The van der Waals surface area contributed by atoms with E-state index in [0.717, 1.165) is 24.6 Å². The Balaban J connectivity index is 2.02. The summed E-state index contributed by atoms with van der Waals surface area (Å²) < 4.78 is 22.1. The molecule has 0 spiro atoms. The van der Waals surface area contributed by atoms with Gasteiger partial charge in [0.05, 0.1) is 5.75 Å². The van der Waals surface area contributed by atoms with Crippen LogP contribution in [0.2, 0.25) is 0 Å². The molecule has 0 radical (unpaired) electrons. The van der Waals surface area contributed by atoms with E-state index in [9.17, 15) is 13.2 Å². The van der Waals surface area contributed by atoms with Crippen molar-refractivity contribution >= 4 is 33.5 Å². The van der Waals surface area contributed by atoms with Gasteiger partial charge in [-0.15, -0.1) is 0 Å². The number of hydrogen-bond donors (Lipinski definition) is 2. The van der Waals surface area contributed by atoms with E-state index in [1.54, 1.807) is 29.2 Å². The summed E-state index contributed by atoms with van der Waals surface area (Å²) in [5.41, 5.74) is 1.13. The second-order valence-electron chi connectivity index (χ2n) is 4.54. The summed E-state index contributed by atoms with van der Waals surface area (Å²) in [5.74, 6) is 1.65. The molecule has 1 fully saturated rings. The molecule has 3 N–H and O–H groups in total. The standard InChI is InChI=1S/C12H17N3O3S2/c13-20(17,18)9-10-2-1-3-11(8-10)14-12(16)15-4-6-19-7-5-15/h1-3,8H,4-7,9H2,(H,14,16)(H2,13,17,18). The Morgan fingerprint density at radius 3 is 2.70 bits per heavy atom. The molecule has 0 atom stereocenters. The summed E-state index contributed by atoms with van der Waals surface area (Å²) >= 11 is 1.83. The van der Waals surface area contributed by atoms with Crippen molar-refractivity contribution in [3.05, 3.63) is 29.8 Å². The summed E-state index contributed by atoms with van der Waals surface area (Å²) in [5, 5.41) is 7.79. The van der Waals surface area contributed by atoms with Crippen LogP contribution in [0.5, 0.6) is 0 Å². The average Bonchev–Trinajstić information content (AvgIpc) is 2.38. The fourth-order valence-corrected chi connectivity index (χ4v) is 3.49. The van der Waals surface area contributed by atoms with Gasteiger partial charge in [0.2, 0.25) is 10.0 Å². The first kappa shape index (κ1) is 15.1. The molecule has 1 aliphatic heterocycles. The van der Waals surface area contributed by atoms with E-state index in [1.165, 1.54) is 0 Å². The number of hydrogen-bond acceptors (Lipinski definition) is 4. The number of thioether (sulfide) groups is 1. The van der Waals surface area contributed by atoms with Crippen molar-refractivity contribution in [2.75, 3.05) is 29.9 Å². The van der Waals surface area contributed by atoms with Crippen LogP contribution in [-0.4, -0.2) is 43.9 Å². The normalized spacial score (nSPS) is 15.9. The molecule has 2 amide bonds. The SMILES string of the molecule is NS(=O)(=O)Cc1cccc(NC(=O)N2CCSCC2)c1. The second-order valence-corrected chi connectivity index (χ2v) is 7.38. The zero-order valence-electron chi connectivity index (χ0n) is 10.9. The predicted octanol–water partition coefficient (Wildman–Crippen LogP) is 1.06. The second kappa shape index (κ2) is 6.47. The van der Waals surface area contributed by atoms with Crippen LogP contribution in [0.15, 0.2) is 24.3 Å². The topological polar surface area (TPSA) is 92.5 Å². The highest BCUT2D eigenvalue weighted by atomic mass is 32.2. The fraction of sp³-hybridized carbons (Fsp3) is 0.417. The first-order valence-corrected chi connectivity index (χ1v) is 9.04. The van der Waals surface area contributed by atoms with E-state index in [1.807, 2.05) is 11.8 Å². The summed E-state index contributed by atoms with van der Waals surface area (Å²) in [4.78, 5) is 13.8. The Hall–Kier alpha value is -1.25. The number of amides is 2. The highest BCUT2D eigenvalue weighted by molar-refractivity contribution is 7.99. The van der Waals surface area contributed by atoms with Crippen LogP contribution in [-0.2, 0) is 15.8 Å². The van der Waals surface area contributed by atoms with Crippen LogP contribution in [0, 0.1) is 0 Å². The molecule has 1 heterocycles. The molecule has 0 aromatic heterocycles. The number of carbonyl (C=O) groups excluding carboxylic acids is 1. The molecule has 1 aromatic rings. The number of nitrogens with zero attached hydrogens (tertiary/aromatic N) is 1. The first-order valence-electron chi connectivity index (χ1n) is 6.17. The van der Waals surface area contributed by atoms with Crippen molar-refractivity contribution in [1.29, 1.82) is 0 Å². The lowest BCUT2D eigenvalue weighted by atomic mass is 10.2. The molecule has 0 aliphatic carbocycles. The van der Waals surface area contributed by atoms with Gasteiger partial charge in [0.1, 0.15) is 0 Å². The molecular formula is C12H17N3O3S2. The van der Waals surface area contributed by atoms with E-state index in [4.69, 9.17) is 5.14 Å². The monoisotopic (exact) mass is 315 g/mol. The van der Waals surface area contributed by atoms with E-state index < -0.39 is 10.0 Å². The maximum absolute atomic E-state index is 12.0. The minimum absolute atomic E-state index is 0.155. The Morgan fingerprint density at radius 2 is 2.05 bits per heavy atom. The van der Waals surface area contributed by atoms with Crippen molar-refractivity contribution in [3.8, 4) is 0 Å². The van der Waals surface area contributed by atoms with Gasteiger partial charge in [-0.1, -0.05) is 12.1 Å². The van der Waals surface area contributed by atoms with E-state index >= 15 is 0 Å². The van der Waals surface area contributed by atoms with Gasteiger partial charge in [-0.3, -0.25) is 0 Å². The third-order valence-corrected chi connectivity index (χ3v) is 4.52. The van der Waals surface area contributed by atoms with E-state index in [0.29, 0.717) is 11.3 Å². The molecular weight excluding hydrogens is 298 g/mol. The molecule has 1 aliphatic rings. The van der Waals surface area contributed by atoms with Crippen molar-refractivity contribution in [1.82, 2.24) is 4.90 Å². The van der Waals surface area contributed by atoms with Crippen molar-refractivity contribution in [2.45, 2.75) is 5.75 Å². The lowest BCUT2D eigenvalue weighted by molar-refractivity contribution is 0.217. The largest absolute Gasteiger partial charge is 0.323 e. The summed E-state index contributed by atoms with van der Waals surface area (Å²) in [6, 6.07) is 6.56. The number of nitrogens with one attached hydrogen (secondary N) is 1. The molecule has 20 heavy (non-hydrogen) atoms. The Kier molecular flexibility index (Phi) is 4.90. The highest BCUT2D eigenvalue weighted by Crippen LogP contribution is 2.15. The van der Waals surface area contributed by atoms with Gasteiger partial charge in [0, 0.05) is 30.3 Å². The molecule has 1 saturated heterocycles. The molecule has 6 nitrogen and oxygen atoms in total. The number of urea groups is 1. The Bertz CT molecular complexity index is 583. The number of anilines is 1. The Labute approximate surface area is 122 Å². The van der Waals surface area contributed by atoms with Gasteiger partial charge >= 0.3 is 6.03 Å². The maximum Gasteiger partial charge on any atom is 0.321 e. The molecule has 0 unspecified atom stereocenters. The van der Waals surface area contributed by atoms with Crippen LogP contribution in [0.3, 0.4) is 0 Å². The lowest BCUT2D eigenvalue weighted by Crippen LogP contribution is -2.40. The average molecular weight is 315 g/mol. The number of rotatable bonds is 3. The quantitative estimate of drug-likeness (QED) is 0.872. The summed E-state index contributed by atoms with van der Waals surface area (Å²) in [7, 11) is -3.57. The number of carbonyl (C=O) groups is 1. The van der Waals surface area contributed by atoms with E-state index in [2.05, 4.69) is 5.32 Å². The number of primary sulfonamides is 1. The van der Waals surface area contributed by atoms with Crippen LogP contribution >= 0.6 is 11.8 Å². The zero-order valence-corrected chi connectivity index (χ0v) is 12.5. The summed E-state index contributed by atoms with van der Waals surface area (Å²) in [6.07, 6.45) is 0. The maximum atomic E-state index is 12.0. The minimum Gasteiger partial charge on any atom is -0.323 e. The highest BCUT2D eigenvalue weighted by Gasteiger charge is 2.16. The van der Waals surface area contributed by atoms with E-state index in [-0.39, 0.29) is 11.8 Å². The zero-order chi connectivity index (χ0) is 14.6. The van der Waals surface area contributed by atoms with Gasteiger partial charge < -0.3 is 10.2 Å². The summed E-state index contributed by atoms with van der Waals surface area (Å²) in [6.45, 7) is 1.46. The molecule has 0 bridgehead atoms. The predicted molar refractivity (Wildman–Crippen MR) is 81.2 cm³/mol. The van der Waals surface area contributed by atoms with Crippen LogP contribution < -0.4 is 10.5 Å². The number of benzene rings is 1. The van der Waals surface area contributed by atoms with Gasteiger partial charge in [0.25, 0.3) is 0 Å². The number of sulfonamides is 1. The minimum atomic E-state index is -3.57. The fourth-order valence-electron chi connectivity index (χ4n) is 1.94. The van der Waals surface area contributed by atoms with Gasteiger partial charge in [-0.25, -0.2) is 18.4 Å². The molecule has 2 rings (SSSR count). The van der Waals surface area contributed by atoms with Gasteiger partial charge in [0.15, 0.2) is 0 Å². The Morgan fingerprint density at radius 1 is 1.35 bits per heavy atom. The third-order valence-electron chi connectivity index (χ3n) is 2.84. The van der Waals surface area contributed by atoms with Gasteiger partial charge in [-0.2, -0.15) is 11.8 Å². The molecule has 1 aromatic carbocycles. The molecule has 0 saturated carbocycles. The van der Waals surface area contributed by atoms with Crippen molar-refractivity contribution < 1.29 is 13.2 Å². The van der Waals surface area contributed by atoms with Crippen LogP contribution in [0.4, 0.5) is 10.5 Å². The molecule has 8 heteroatoms.